The van der Waals surface area contributed by atoms with E-state index in [0.29, 0.717) is 17.6 Å². The highest BCUT2D eigenvalue weighted by Gasteiger charge is 2.24. The summed E-state index contributed by atoms with van der Waals surface area (Å²) >= 11 is 2.92. The Morgan fingerprint density at radius 3 is 2.92 bits per heavy atom. The van der Waals surface area contributed by atoms with Crippen molar-refractivity contribution in [3.63, 3.8) is 0 Å². The van der Waals surface area contributed by atoms with E-state index in [-0.39, 0.29) is 23.4 Å². The number of ether oxygens (including phenoxy) is 1. The van der Waals surface area contributed by atoms with Crippen molar-refractivity contribution in [1.82, 2.24) is 9.55 Å². The molecule has 0 spiro atoms. The van der Waals surface area contributed by atoms with Crippen molar-refractivity contribution in [2.24, 2.45) is 5.92 Å². The Hall–Kier alpha value is -1.34. The van der Waals surface area contributed by atoms with Crippen LogP contribution in [0.15, 0.2) is 9.95 Å². The number of fused-ring (bicyclic) bond motifs is 3. The third kappa shape index (κ3) is 3.77. The first kappa shape index (κ1) is 18.5. The van der Waals surface area contributed by atoms with Gasteiger partial charge >= 0.3 is 5.97 Å². The number of esters is 1. The lowest BCUT2D eigenvalue weighted by Crippen LogP contribution is -2.24. The van der Waals surface area contributed by atoms with Crippen LogP contribution in [0.2, 0.25) is 0 Å². The topological polar surface area (TPSA) is 61.2 Å². The van der Waals surface area contributed by atoms with Crippen LogP contribution < -0.4 is 5.56 Å². The molecule has 2 aromatic heterocycles. The number of carbonyl (C=O) groups excluding carboxylic acids is 1. The minimum atomic E-state index is -0.281. The second-order valence-corrected chi connectivity index (χ2v) is 8.83. The number of hydrogen-bond acceptors (Lipinski definition) is 6. The minimum Gasteiger partial charge on any atom is -0.462 e. The Kier molecular flexibility index (Phi) is 5.53. The van der Waals surface area contributed by atoms with Gasteiger partial charge in [0.1, 0.15) is 4.83 Å². The van der Waals surface area contributed by atoms with Crippen molar-refractivity contribution >= 4 is 39.3 Å². The predicted octanol–water partition coefficient (Wildman–Crippen LogP) is 3.65. The van der Waals surface area contributed by atoms with Gasteiger partial charge < -0.3 is 4.74 Å². The first-order valence-corrected chi connectivity index (χ1v) is 10.6. The zero-order valence-electron chi connectivity index (χ0n) is 15.1. The molecule has 5 nitrogen and oxygen atoms in total. The van der Waals surface area contributed by atoms with Crippen LogP contribution >= 0.6 is 23.1 Å². The molecule has 1 atom stereocenters. The first-order chi connectivity index (χ1) is 11.9. The summed E-state index contributed by atoms with van der Waals surface area (Å²) in [5.74, 6) is 0.544. The quantitative estimate of drug-likeness (QED) is 0.450. The second kappa shape index (κ2) is 7.50. The van der Waals surface area contributed by atoms with E-state index in [1.807, 2.05) is 20.8 Å². The van der Waals surface area contributed by atoms with Crippen molar-refractivity contribution in [3.8, 4) is 0 Å². The van der Waals surface area contributed by atoms with E-state index < -0.39 is 0 Å². The summed E-state index contributed by atoms with van der Waals surface area (Å²) in [7, 11) is 0. The van der Waals surface area contributed by atoms with Crippen LogP contribution in [-0.4, -0.2) is 27.4 Å². The standard InChI is InChI=1S/C18H24N2O3S2/c1-5-20-17(22)15-12-7-6-11(4)8-13(12)25-16(15)19-18(20)24-9-14(21)23-10(2)3/h10-11H,5-9H2,1-4H3. The fourth-order valence-electron chi connectivity index (χ4n) is 3.21. The number of thiophene rings is 1. The molecule has 0 aromatic carbocycles. The number of thioether (sulfide) groups is 1. The molecule has 0 amide bonds. The lowest BCUT2D eigenvalue weighted by atomic mass is 9.89. The van der Waals surface area contributed by atoms with E-state index in [0.717, 1.165) is 29.5 Å². The molecule has 0 fully saturated rings. The average molecular weight is 381 g/mol. The highest BCUT2D eigenvalue weighted by atomic mass is 32.2. The number of rotatable bonds is 5. The van der Waals surface area contributed by atoms with E-state index >= 15 is 0 Å². The van der Waals surface area contributed by atoms with Gasteiger partial charge in [-0.15, -0.1) is 11.3 Å². The Balaban J connectivity index is 1.97. The van der Waals surface area contributed by atoms with Gasteiger partial charge in [-0.05, 0) is 51.5 Å². The minimum absolute atomic E-state index is 0.0271. The Bertz CT molecular complexity index is 854. The van der Waals surface area contributed by atoms with Gasteiger partial charge in [0.25, 0.3) is 5.56 Å². The smallest absolute Gasteiger partial charge is 0.316 e. The van der Waals surface area contributed by atoms with Crippen molar-refractivity contribution in [2.45, 2.75) is 64.8 Å². The Morgan fingerprint density at radius 1 is 1.48 bits per heavy atom. The number of aromatic nitrogens is 2. The maximum absolute atomic E-state index is 13.0. The summed E-state index contributed by atoms with van der Waals surface area (Å²) in [4.78, 5) is 31.7. The Morgan fingerprint density at radius 2 is 2.24 bits per heavy atom. The predicted molar refractivity (Wildman–Crippen MR) is 103 cm³/mol. The van der Waals surface area contributed by atoms with Crippen LogP contribution in [0, 0.1) is 5.92 Å². The third-order valence-corrected chi connectivity index (χ3v) is 6.48. The van der Waals surface area contributed by atoms with E-state index in [2.05, 4.69) is 6.92 Å². The summed E-state index contributed by atoms with van der Waals surface area (Å²) in [6, 6.07) is 0. The molecule has 0 N–H and O–H groups in total. The lowest BCUT2D eigenvalue weighted by Gasteiger charge is -2.17. The van der Waals surface area contributed by atoms with Crippen LogP contribution in [0.4, 0.5) is 0 Å². The van der Waals surface area contributed by atoms with E-state index in [1.54, 1.807) is 15.9 Å². The SMILES string of the molecule is CCn1c(SCC(=O)OC(C)C)nc2sc3c(c2c1=O)CCC(C)C3. The molecule has 1 unspecified atom stereocenters. The van der Waals surface area contributed by atoms with Gasteiger partial charge in [0.15, 0.2) is 5.16 Å². The molecule has 136 valence electrons. The molecule has 2 aromatic rings. The maximum atomic E-state index is 13.0. The lowest BCUT2D eigenvalue weighted by molar-refractivity contribution is -0.144. The first-order valence-electron chi connectivity index (χ1n) is 8.78. The van der Waals surface area contributed by atoms with Crippen LogP contribution in [0.25, 0.3) is 10.2 Å². The van der Waals surface area contributed by atoms with Gasteiger partial charge in [0, 0.05) is 11.4 Å². The normalized spacial score (nSPS) is 17.1. The summed E-state index contributed by atoms with van der Waals surface area (Å²) in [6.45, 7) is 8.39. The largest absolute Gasteiger partial charge is 0.462 e. The number of carbonyl (C=O) groups is 1. The molecule has 7 heteroatoms. The summed E-state index contributed by atoms with van der Waals surface area (Å²) < 4.78 is 6.85. The zero-order chi connectivity index (χ0) is 18.1. The van der Waals surface area contributed by atoms with Gasteiger partial charge in [0.05, 0.1) is 17.2 Å². The molecule has 25 heavy (non-hydrogen) atoms. The molecular formula is C18H24N2O3S2. The highest BCUT2D eigenvalue weighted by molar-refractivity contribution is 7.99. The van der Waals surface area contributed by atoms with Crippen LogP contribution in [0.3, 0.4) is 0 Å². The summed E-state index contributed by atoms with van der Waals surface area (Å²) in [5, 5.41) is 1.40. The molecule has 0 aliphatic heterocycles. The van der Waals surface area contributed by atoms with E-state index in [4.69, 9.17) is 9.72 Å². The second-order valence-electron chi connectivity index (χ2n) is 6.80. The van der Waals surface area contributed by atoms with Crippen LogP contribution in [0.5, 0.6) is 0 Å². The number of nitrogens with zero attached hydrogens (tertiary/aromatic N) is 2. The average Bonchev–Trinajstić information content (AvgIpc) is 2.89. The van der Waals surface area contributed by atoms with Crippen molar-refractivity contribution in [3.05, 3.63) is 20.8 Å². The van der Waals surface area contributed by atoms with Crippen LogP contribution in [0.1, 0.15) is 44.6 Å². The van der Waals surface area contributed by atoms with Gasteiger partial charge in [-0.2, -0.15) is 0 Å². The van der Waals surface area contributed by atoms with E-state index in [1.165, 1.54) is 22.2 Å². The highest BCUT2D eigenvalue weighted by Crippen LogP contribution is 2.36. The molecule has 0 radical (unpaired) electrons. The van der Waals surface area contributed by atoms with Crippen LogP contribution in [-0.2, 0) is 28.9 Å². The van der Waals surface area contributed by atoms with Crippen molar-refractivity contribution < 1.29 is 9.53 Å². The van der Waals surface area contributed by atoms with Gasteiger partial charge in [-0.3, -0.25) is 14.2 Å². The zero-order valence-corrected chi connectivity index (χ0v) is 16.8. The van der Waals surface area contributed by atoms with E-state index in [9.17, 15) is 9.59 Å². The van der Waals surface area contributed by atoms with Crippen molar-refractivity contribution in [2.75, 3.05) is 5.75 Å². The number of hydrogen-bond donors (Lipinski definition) is 0. The molecule has 2 heterocycles. The van der Waals surface area contributed by atoms with Gasteiger partial charge in [-0.25, -0.2) is 4.98 Å². The monoisotopic (exact) mass is 380 g/mol. The fraction of sp³-hybridized carbons (Fsp3) is 0.611. The molecular weight excluding hydrogens is 356 g/mol. The molecule has 3 rings (SSSR count). The number of aryl methyl sites for hydroxylation is 1. The maximum Gasteiger partial charge on any atom is 0.316 e. The molecule has 0 saturated heterocycles. The molecule has 1 aliphatic carbocycles. The Labute approximate surface area is 155 Å². The summed E-state index contributed by atoms with van der Waals surface area (Å²) in [5.41, 5.74) is 1.23. The fourth-order valence-corrected chi connectivity index (χ4v) is 5.48. The van der Waals surface area contributed by atoms with Gasteiger partial charge in [0.2, 0.25) is 0 Å². The molecule has 0 bridgehead atoms. The summed E-state index contributed by atoms with van der Waals surface area (Å²) in [6.07, 6.45) is 2.99. The van der Waals surface area contributed by atoms with Gasteiger partial charge in [-0.1, -0.05) is 18.7 Å². The molecule has 1 aliphatic rings. The van der Waals surface area contributed by atoms with Crippen molar-refractivity contribution in [1.29, 1.82) is 0 Å². The molecule has 0 saturated carbocycles. The third-order valence-electron chi connectivity index (χ3n) is 4.38.